The van der Waals surface area contributed by atoms with Gasteiger partial charge in [-0.2, -0.15) is 0 Å². The Bertz CT molecular complexity index is 499. The van der Waals surface area contributed by atoms with Gasteiger partial charge >= 0.3 is 0 Å². The Morgan fingerprint density at radius 3 is 2.32 bits per heavy atom. The first kappa shape index (κ1) is 24.2. The van der Waals surface area contributed by atoms with E-state index < -0.39 is 0 Å². The number of morpholine rings is 1. The van der Waals surface area contributed by atoms with E-state index in [4.69, 9.17) is 4.74 Å². The van der Waals surface area contributed by atoms with Crippen LogP contribution in [0.2, 0.25) is 0 Å². The first-order chi connectivity index (χ1) is 12.9. The summed E-state index contributed by atoms with van der Waals surface area (Å²) in [5.74, 6) is 0.940. The van der Waals surface area contributed by atoms with Gasteiger partial charge in [0, 0.05) is 57.4 Å². The molecule has 3 unspecified atom stereocenters. The van der Waals surface area contributed by atoms with Crippen molar-refractivity contribution in [2.24, 2.45) is 4.99 Å². The Morgan fingerprint density at radius 2 is 1.71 bits per heavy atom. The number of halogens is 1. The van der Waals surface area contributed by atoms with E-state index in [2.05, 4.69) is 53.1 Å². The van der Waals surface area contributed by atoms with E-state index in [1.54, 1.807) is 0 Å². The van der Waals surface area contributed by atoms with Crippen LogP contribution in [-0.4, -0.2) is 85.4 Å². The van der Waals surface area contributed by atoms with Crippen LogP contribution >= 0.6 is 24.0 Å². The van der Waals surface area contributed by atoms with Gasteiger partial charge < -0.3 is 15.4 Å². The summed E-state index contributed by atoms with van der Waals surface area (Å²) < 4.78 is 5.90. The van der Waals surface area contributed by atoms with Crippen LogP contribution in [-0.2, 0) is 4.74 Å². The minimum atomic E-state index is 0. The number of hydrogen-bond donors (Lipinski definition) is 2. The van der Waals surface area contributed by atoms with Gasteiger partial charge in [-0.3, -0.25) is 14.8 Å². The topological polar surface area (TPSA) is 52.1 Å². The molecule has 164 valence electrons. The molecular weight excluding hydrogens is 465 g/mol. The van der Waals surface area contributed by atoms with Crippen molar-refractivity contribution < 1.29 is 4.74 Å². The van der Waals surface area contributed by atoms with Crippen molar-refractivity contribution in [1.82, 2.24) is 20.4 Å². The van der Waals surface area contributed by atoms with Crippen LogP contribution in [0.15, 0.2) is 4.99 Å². The van der Waals surface area contributed by atoms with Gasteiger partial charge in [-0.1, -0.05) is 12.8 Å². The van der Waals surface area contributed by atoms with Crippen molar-refractivity contribution in [3.05, 3.63) is 0 Å². The van der Waals surface area contributed by atoms with Crippen LogP contribution in [0.4, 0.5) is 0 Å². The molecule has 2 aliphatic heterocycles. The maximum absolute atomic E-state index is 5.90. The lowest BCUT2D eigenvalue weighted by molar-refractivity contribution is -0.0946. The lowest BCUT2D eigenvalue weighted by Crippen LogP contribution is -2.59. The maximum Gasteiger partial charge on any atom is 0.191 e. The van der Waals surface area contributed by atoms with Crippen molar-refractivity contribution in [3.8, 4) is 0 Å². The summed E-state index contributed by atoms with van der Waals surface area (Å²) >= 11 is 0. The van der Waals surface area contributed by atoms with Crippen LogP contribution in [0.3, 0.4) is 0 Å². The predicted octanol–water partition coefficient (Wildman–Crippen LogP) is 2.67. The fraction of sp³-hybridized carbons (Fsp3) is 0.952. The zero-order valence-electron chi connectivity index (χ0n) is 18.5. The zero-order chi connectivity index (χ0) is 19.4. The molecule has 3 rings (SSSR count). The SMILES string of the molecule is CN=C(NCC(C)(C)N1CC(C)OC(C)C1)NC1CCN(C2CCCC2)C1.I. The number of hydrogen-bond acceptors (Lipinski definition) is 4. The molecule has 0 aromatic carbocycles. The Kier molecular flexibility index (Phi) is 9.29. The zero-order valence-corrected chi connectivity index (χ0v) is 20.9. The third-order valence-electron chi connectivity index (χ3n) is 6.59. The number of aliphatic imine (C=N–C) groups is 1. The molecule has 3 aliphatic rings. The van der Waals surface area contributed by atoms with Crippen molar-refractivity contribution in [2.75, 3.05) is 39.8 Å². The molecule has 28 heavy (non-hydrogen) atoms. The number of nitrogens with one attached hydrogen (secondary N) is 2. The monoisotopic (exact) mass is 507 g/mol. The Hall–Kier alpha value is -0.120. The molecule has 0 aromatic rings. The molecule has 0 radical (unpaired) electrons. The second kappa shape index (κ2) is 10.8. The average Bonchev–Trinajstić information content (AvgIpc) is 3.29. The smallest absolute Gasteiger partial charge is 0.191 e. The number of nitrogens with zero attached hydrogens (tertiary/aromatic N) is 3. The van der Waals surface area contributed by atoms with Crippen molar-refractivity contribution in [1.29, 1.82) is 0 Å². The first-order valence-electron chi connectivity index (χ1n) is 11.0. The second-order valence-corrected chi connectivity index (χ2v) is 9.46. The quantitative estimate of drug-likeness (QED) is 0.341. The molecule has 2 saturated heterocycles. The fourth-order valence-electron chi connectivity index (χ4n) is 4.98. The van der Waals surface area contributed by atoms with Crippen LogP contribution in [0, 0.1) is 0 Å². The van der Waals surface area contributed by atoms with Gasteiger partial charge in [0.1, 0.15) is 0 Å². The number of ether oxygens (including phenoxy) is 1. The van der Waals surface area contributed by atoms with E-state index in [9.17, 15) is 0 Å². The van der Waals surface area contributed by atoms with Crippen molar-refractivity contribution in [2.45, 2.75) is 89.6 Å². The van der Waals surface area contributed by atoms with Gasteiger partial charge in [-0.25, -0.2) is 0 Å². The van der Waals surface area contributed by atoms with E-state index in [1.807, 2.05) is 7.05 Å². The van der Waals surface area contributed by atoms with E-state index >= 15 is 0 Å². The molecular formula is C21H42IN5O. The lowest BCUT2D eigenvalue weighted by Gasteiger charge is -2.45. The van der Waals surface area contributed by atoms with E-state index in [1.165, 1.54) is 38.6 Å². The molecule has 2 heterocycles. The molecule has 0 amide bonds. The molecule has 1 saturated carbocycles. The standard InChI is InChI=1S/C21H41N5O.HI/c1-16-12-26(13-17(2)27-16)21(3,4)15-23-20(22-5)24-18-10-11-25(14-18)19-8-6-7-9-19;/h16-19H,6-15H2,1-5H3,(H2,22,23,24);1H. The Labute approximate surface area is 189 Å². The predicted molar refractivity (Wildman–Crippen MR) is 128 cm³/mol. The Balaban J connectivity index is 0.00000280. The summed E-state index contributed by atoms with van der Waals surface area (Å²) in [6, 6.07) is 1.35. The van der Waals surface area contributed by atoms with Gasteiger partial charge in [0.25, 0.3) is 0 Å². The van der Waals surface area contributed by atoms with E-state index in [0.29, 0.717) is 18.2 Å². The lowest BCUT2D eigenvalue weighted by atomic mass is 10.00. The maximum atomic E-state index is 5.90. The average molecular weight is 508 g/mol. The summed E-state index contributed by atoms with van der Waals surface area (Å²) in [6.45, 7) is 14.2. The summed E-state index contributed by atoms with van der Waals surface area (Å²) in [7, 11) is 1.88. The third kappa shape index (κ3) is 6.44. The number of rotatable bonds is 5. The van der Waals surface area contributed by atoms with Gasteiger partial charge in [-0.15, -0.1) is 24.0 Å². The first-order valence-corrected chi connectivity index (χ1v) is 11.0. The molecule has 3 atom stereocenters. The van der Waals surface area contributed by atoms with E-state index in [0.717, 1.165) is 38.2 Å². The molecule has 0 spiro atoms. The minimum absolute atomic E-state index is 0. The van der Waals surface area contributed by atoms with Gasteiger partial charge in [0.05, 0.1) is 12.2 Å². The number of guanidine groups is 1. The molecule has 0 aromatic heterocycles. The summed E-state index contributed by atoms with van der Waals surface area (Å²) in [5.41, 5.74) is 0.0650. The highest BCUT2D eigenvalue weighted by Crippen LogP contribution is 2.26. The minimum Gasteiger partial charge on any atom is -0.373 e. The second-order valence-electron chi connectivity index (χ2n) is 9.46. The molecule has 6 nitrogen and oxygen atoms in total. The highest BCUT2D eigenvalue weighted by atomic mass is 127. The van der Waals surface area contributed by atoms with Crippen LogP contribution in [0.5, 0.6) is 0 Å². The van der Waals surface area contributed by atoms with Crippen molar-refractivity contribution in [3.63, 3.8) is 0 Å². The van der Waals surface area contributed by atoms with Crippen LogP contribution in [0.25, 0.3) is 0 Å². The summed E-state index contributed by atoms with van der Waals surface area (Å²) in [5, 5.41) is 7.25. The van der Waals surface area contributed by atoms with Gasteiger partial charge in [-0.05, 0) is 47.0 Å². The van der Waals surface area contributed by atoms with E-state index in [-0.39, 0.29) is 29.5 Å². The Morgan fingerprint density at radius 1 is 1.07 bits per heavy atom. The molecule has 7 heteroatoms. The van der Waals surface area contributed by atoms with Gasteiger partial charge in [0.15, 0.2) is 5.96 Å². The van der Waals surface area contributed by atoms with Crippen molar-refractivity contribution >= 4 is 29.9 Å². The molecule has 3 fully saturated rings. The summed E-state index contributed by atoms with van der Waals surface area (Å²) in [6.07, 6.45) is 7.43. The summed E-state index contributed by atoms with van der Waals surface area (Å²) in [4.78, 5) is 9.72. The molecule has 2 N–H and O–H groups in total. The highest BCUT2D eigenvalue weighted by Gasteiger charge is 2.34. The largest absolute Gasteiger partial charge is 0.373 e. The van der Waals surface area contributed by atoms with Crippen LogP contribution in [0.1, 0.15) is 59.8 Å². The number of likely N-dealkylation sites (tertiary alicyclic amines) is 1. The fourth-order valence-corrected chi connectivity index (χ4v) is 4.98. The highest BCUT2D eigenvalue weighted by molar-refractivity contribution is 14.0. The van der Waals surface area contributed by atoms with Gasteiger partial charge in [0.2, 0.25) is 0 Å². The molecule has 0 bridgehead atoms. The molecule has 1 aliphatic carbocycles. The third-order valence-corrected chi connectivity index (χ3v) is 6.59. The van der Waals surface area contributed by atoms with Crippen LogP contribution < -0.4 is 10.6 Å². The normalized spacial score (nSPS) is 31.0.